The van der Waals surface area contributed by atoms with Gasteiger partial charge in [0.1, 0.15) is 5.75 Å². The Hall–Kier alpha value is -1.53. The molecule has 0 saturated heterocycles. The summed E-state index contributed by atoms with van der Waals surface area (Å²) in [5.41, 5.74) is 7.02. The number of hydrogen-bond acceptors (Lipinski definition) is 3. The minimum absolute atomic E-state index is 0.251. The smallest absolute Gasteiger partial charge is 0.119 e. The summed E-state index contributed by atoms with van der Waals surface area (Å²) in [6.45, 7) is 2.71. The lowest BCUT2D eigenvalue weighted by Crippen LogP contribution is -2.15. The number of nitrogens with two attached hydrogens (primary N) is 1. The number of hydrogen-bond donors (Lipinski definition) is 1. The van der Waals surface area contributed by atoms with Gasteiger partial charge in [0.25, 0.3) is 0 Å². The van der Waals surface area contributed by atoms with Gasteiger partial charge in [-0.25, -0.2) is 0 Å². The third-order valence-electron chi connectivity index (χ3n) is 2.76. The van der Waals surface area contributed by atoms with Crippen LogP contribution in [0, 0.1) is 11.3 Å². The van der Waals surface area contributed by atoms with Crippen LogP contribution in [0.2, 0.25) is 0 Å². The normalized spacial score (nSPS) is 11.8. The Morgan fingerprint density at radius 3 is 2.61 bits per heavy atom. The van der Waals surface area contributed by atoms with Crippen molar-refractivity contribution in [3.63, 3.8) is 0 Å². The largest absolute Gasteiger partial charge is 0.494 e. The highest BCUT2D eigenvalue weighted by Crippen LogP contribution is 2.14. The summed E-state index contributed by atoms with van der Waals surface area (Å²) in [6, 6.07) is 10.6. The zero-order valence-electron chi connectivity index (χ0n) is 11.1. The Labute approximate surface area is 110 Å². The molecule has 0 aliphatic heterocycles. The predicted octanol–water partition coefficient (Wildman–Crippen LogP) is 3.04. The van der Waals surface area contributed by atoms with Gasteiger partial charge in [0.05, 0.1) is 12.7 Å². The van der Waals surface area contributed by atoms with Crippen molar-refractivity contribution in [3.8, 4) is 11.8 Å². The number of rotatable bonds is 8. The SMILES string of the molecule is CC(N)CCc1ccc(OCCCCC#N)cc1. The van der Waals surface area contributed by atoms with Crippen LogP contribution in [0.25, 0.3) is 0 Å². The Bertz CT molecular complexity index is 365. The van der Waals surface area contributed by atoms with Crippen molar-refractivity contribution in [2.24, 2.45) is 5.73 Å². The van der Waals surface area contributed by atoms with Crippen molar-refractivity contribution >= 4 is 0 Å². The standard InChI is InChI=1S/C15H22N2O/c1-13(17)5-6-14-7-9-15(10-8-14)18-12-4-2-3-11-16/h7-10,13H,2-6,12,17H2,1H3. The zero-order valence-corrected chi connectivity index (χ0v) is 11.1. The van der Waals surface area contributed by atoms with E-state index in [9.17, 15) is 0 Å². The summed E-state index contributed by atoms with van der Waals surface area (Å²) >= 11 is 0. The molecular weight excluding hydrogens is 224 g/mol. The molecular formula is C15H22N2O. The molecule has 1 aromatic rings. The van der Waals surface area contributed by atoms with Crippen LogP contribution in [0.15, 0.2) is 24.3 Å². The van der Waals surface area contributed by atoms with Gasteiger partial charge in [-0.1, -0.05) is 12.1 Å². The quantitative estimate of drug-likeness (QED) is 0.717. The van der Waals surface area contributed by atoms with Gasteiger partial charge in [0.15, 0.2) is 0 Å². The number of benzene rings is 1. The van der Waals surface area contributed by atoms with E-state index >= 15 is 0 Å². The van der Waals surface area contributed by atoms with Crippen LogP contribution in [-0.4, -0.2) is 12.6 Å². The van der Waals surface area contributed by atoms with Crippen LogP contribution in [-0.2, 0) is 6.42 Å². The molecule has 0 radical (unpaired) electrons. The average Bonchev–Trinajstić information content (AvgIpc) is 2.37. The maximum atomic E-state index is 8.40. The van der Waals surface area contributed by atoms with Crippen molar-refractivity contribution in [2.75, 3.05) is 6.61 Å². The number of nitriles is 1. The Balaban J connectivity index is 2.25. The first-order valence-electron chi connectivity index (χ1n) is 6.56. The van der Waals surface area contributed by atoms with E-state index in [0.717, 1.165) is 31.4 Å². The molecule has 18 heavy (non-hydrogen) atoms. The summed E-state index contributed by atoms with van der Waals surface area (Å²) < 4.78 is 5.60. The minimum atomic E-state index is 0.251. The Morgan fingerprint density at radius 1 is 1.28 bits per heavy atom. The first-order valence-corrected chi connectivity index (χ1v) is 6.56. The monoisotopic (exact) mass is 246 g/mol. The van der Waals surface area contributed by atoms with E-state index in [4.69, 9.17) is 15.7 Å². The number of aryl methyl sites for hydroxylation is 1. The lowest BCUT2D eigenvalue weighted by atomic mass is 10.1. The molecule has 98 valence electrons. The molecule has 0 heterocycles. The van der Waals surface area contributed by atoms with Crippen LogP contribution in [0.3, 0.4) is 0 Å². The maximum Gasteiger partial charge on any atom is 0.119 e. The molecule has 3 nitrogen and oxygen atoms in total. The molecule has 3 heteroatoms. The number of nitrogens with zero attached hydrogens (tertiary/aromatic N) is 1. The van der Waals surface area contributed by atoms with Crippen molar-refractivity contribution < 1.29 is 4.74 Å². The summed E-state index contributed by atoms with van der Waals surface area (Å²) in [7, 11) is 0. The van der Waals surface area contributed by atoms with E-state index in [1.807, 2.05) is 19.1 Å². The molecule has 0 aliphatic carbocycles. The van der Waals surface area contributed by atoms with E-state index in [0.29, 0.717) is 13.0 Å². The third-order valence-corrected chi connectivity index (χ3v) is 2.76. The van der Waals surface area contributed by atoms with Gasteiger partial charge in [-0.05, 0) is 50.3 Å². The number of unbranched alkanes of at least 4 members (excludes halogenated alkanes) is 2. The molecule has 0 spiro atoms. The molecule has 1 atom stereocenters. The molecule has 1 rings (SSSR count). The maximum absolute atomic E-state index is 8.40. The molecule has 1 aromatic carbocycles. The fourth-order valence-electron chi connectivity index (χ4n) is 1.64. The summed E-state index contributed by atoms with van der Waals surface area (Å²) in [4.78, 5) is 0. The van der Waals surface area contributed by atoms with Crippen molar-refractivity contribution in [1.82, 2.24) is 0 Å². The second kappa shape index (κ2) is 8.54. The van der Waals surface area contributed by atoms with Gasteiger partial charge in [0.2, 0.25) is 0 Å². The van der Waals surface area contributed by atoms with Gasteiger partial charge in [-0.15, -0.1) is 0 Å². The lowest BCUT2D eigenvalue weighted by molar-refractivity contribution is 0.307. The van der Waals surface area contributed by atoms with E-state index in [-0.39, 0.29) is 6.04 Å². The minimum Gasteiger partial charge on any atom is -0.494 e. The fourth-order valence-corrected chi connectivity index (χ4v) is 1.64. The number of ether oxygens (including phenoxy) is 1. The molecule has 0 amide bonds. The zero-order chi connectivity index (χ0) is 13.2. The third kappa shape index (κ3) is 6.27. The average molecular weight is 246 g/mol. The van der Waals surface area contributed by atoms with E-state index in [1.54, 1.807) is 0 Å². The van der Waals surface area contributed by atoms with Crippen LogP contribution >= 0.6 is 0 Å². The molecule has 0 aromatic heterocycles. The highest BCUT2D eigenvalue weighted by molar-refractivity contribution is 5.27. The summed E-state index contributed by atoms with van der Waals surface area (Å²) in [6.07, 6.45) is 4.47. The predicted molar refractivity (Wildman–Crippen MR) is 73.4 cm³/mol. The van der Waals surface area contributed by atoms with E-state index in [2.05, 4.69) is 18.2 Å². The second-order valence-electron chi connectivity index (χ2n) is 4.62. The van der Waals surface area contributed by atoms with Gasteiger partial charge < -0.3 is 10.5 Å². The molecule has 2 N–H and O–H groups in total. The lowest BCUT2D eigenvalue weighted by Gasteiger charge is -2.08. The van der Waals surface area contributed by atoms with Gasteiger partial charge >= 0.3 is 0 Å². The van der Waals surface area contributed by atoms with Gasteiger partial charge in [0, 0.05) is 12.5 Å². The summed E-state index contributed by atoms with van der Waals surface area (Å²) in [5, 5.41) is 8.40. The highest BCUT2D eigenvalue weighted by Gasteiger charge is 1.98. The topological polar surface area (TPSA) is 59.0 Å². The molecule has 0 fully saturated rings. The summed E-state index contributed by atoms with van der Waals surface area (Å²) in [5.74, 6) is 0.900. The highest BCUT2D eigenvalue weighted by atomic mass is 16.5. The van der Waals surface area contributed by atoms with Gasteiger partial charge in [-0.3, -0.25) is 0 Å². The molecule has 0 aliphatic rings. The molecule has 1 unspecified atom stereocenters. The second-order valence-corrected chi connectivity index (χ2v) is 4.62. The Kier molecular flexibility index (Phi) is 6.90. The van der Waals surface area contributed by atoms with Crippen molar-refractivity contribution in [1.29, 1.82) is 5.26 Å². The van der Waals surface area contributed by atoms with E-state index < -0.39 is 0 Å². The van der Waals surface area contributed by atoms with Crippen LogP contribution in [0.1, 0.15) is 38.2 Å². The van der Waals surface area contributed by atoms with E-state index in [1.165, 1.54) is 5.56 Å². The molecule has 0 bridgehead atoms. The first-order chi connectivity index (χ1) is 8.72. The van der Waals surface area contributed by atoms with Crippen LogP contribution < -0.4 is 10.5 Å². The van der Waals surface area contributed by atoms with Crippen LogP contribution in [0.5, 0.6) is 5.75 Å². The van der Waals surface area contributed by atoms with Crippen molar-refractivity contribution in [3.05, 3.63) is 29.8 Å². The fraction of sp³-hybridized carbons (Fsp3) is 0.533. The molecule has 0 saturated carbocycles. The Morgan fingerprint density at radius 2 is 2.00 bits per heavy atom. The van der Waals surface area contributed by atoms with Crippen molar-refractivity contribution in [2.45, 2.75) is 45.1 Å². The van der Waals surface area contributed by atoms with Crippen LogP contribution in [0.4, 0.5) is 0 Å². The first kappa shape index (κ1) is 14.5. The van der Waals surface area contributed by atoms with Gasteiger partial charge in [-0.2, -0.15) is 5.26 Å².